The zero-order valence-electron chi connectivity index (χ0n) is 8.12. The first-order chi connectivity index (χ1) is 6.26. The van der Waals surface area contributed by atoms with E-state index in [1.807, 2.05) is 6.92 Å². The summed E-state index contributed by atoms with van der Waals surface area (Å²) in [6, 6.07) is 0.345. The summed E-state index contributed by atoms with van der Waals surface area (Å²) in [4.78, 5) is 11.2. The fourth-order valence-corrected chi connectivity index (χ4v) is 1.82. The normalized spacial score (nSPS) is 28.2. The van der Waals surface area contributed by atoms with Crippen molar-refractivity contribution >= 4 is 5.91 Å². The molecular weight excluding hydrogens is 164 g/mol. The fraction of sp³-hybridized carbons (Fsp3) is 0.700. The molecule has 1 amide bonds. The van der Waals surface area contributed by atoms with E-state index in [0.29, 0.717) is 12.0 Å². The van der Waals surface area contributed by atoms with Gasteiger partial charge in [0.1, 0.15) is 0 Å². The largest absolute Gasteiger partial charge is 0.350 e. The van der Waals surface area contributed by atoms with E-state index in [-0.39, 0.29) is 5.91 Å². The number of hydrogen-bond donors (Lipinski definition) is 2. The van der Waals surface area contributed by atoms with Gasteiger partial charge in [-0.2, -0.15) is 0 Å². The quantitative estimate of drug-likeness (QED) is 0.634. The molecule has 1 fully saturated rings. The van der Waals surface area contributed by atoms with Crippen molar-refractivity contribution in [1.82, 2.24) is 5.32 Å². The molecule has 1 aliphatic carbocycles. The van der Waals surface area contributed by atoms with Crippen LogP contribution < -0.4 is 11.1 Å². The summed E-state index contributed by atoms with van der Waals surface area (Å²) in [5.74, 6) is 0.626. The standard InChI is InChI=1S/C10H18N2O/c1-2-3-10(13)12-9-5-4-8(6-9)7-11/h2-3,8-9H,4-7,11H2,1H3,(H,12,13)/b3-2+. The predicted molar refractivity (Wildman–Crippen MR) is 53.1 cm³/mol. The molecule has 3 nitrogen and oxygen atoms in total. The number of rotatable bonds is 3. The molecule has 1 aliphatic rings. The monoisotopic (exact) mass is 182 g/mol. The van der Waals surface area contributed by atoms with E-state index in [0.717, 1.165) is 25.8 Å². The average molecular weight is 182 g/mol. The summed E-state index contributed by atoms with van der Waals surface area (Å²) < 4.78 is 0. The van der Waals surface area contributed by atoms with Crippen molar-refractivity contribution in [1.29, 1.82) is 0 Å². The third-order valence-corrected chi connectivity index (χ3v) is 2.54. The van der Waals surface area contributed by atoms with Gasteiger partial charge in [0.2, 0.25) is 5.91 Å². The molecule has 13 heavy (non-hydrogen) atoms. The maximum atomic E-state index is 11.2. The van der Waals surface area contributed by atoms with Crippen molar-refractivity contribution < 1.29 is 4.79 Å². The molecule has 0 aromatic carbocycles. The van der Waals surface area contributed by atoms with Crippen LogP contribution in [0.15, 0.2) is 12.2 Å². The van der Waals surface area contributed by atoms with Crippen LogP contribution >= 0.6 is 0 Å². The molecule has 1 saturated carbocycles. The molecule has 3 N–H and O–H groups in total. The Kier molecular flexibility index (Phi) is 3.96. The first-order valence-corrected chi connectivity index (χ1v) is 4.89. The lowest BCUT2D eigenvalue weighted by Crippen LogP contribution is -2.31. The van der Waals surface area contributed by atoms with Gasteiger partial charge in [0.25, 0.3) is 0 Å². The van der Waals surface area contributed by atoms with Crippen molar-refractivity contribution in [2.24, 2.45) is 11.7 Å². The lowest BCUT2D eigenvalue weighted by atomic mass is 10.1. The molecule has 0 aromatic rings. The Hall–Kier alpha value is -0.830. The molecule has 0 saturated heterocycles. The van der Waals surface area contributed by atoms with Gasteiger partial charge in [0.15, 0.2) is 0 Å². The van der Waals surface area contributed by atoms with Crippen molar-refractivity contribution in [3.63, 3.8) is 0 Å². The number of nitrogens with two attached hydrogens (primary N) is 1. The topological polar surface area (TPSA) is 55.1 Å². The SMILES string of the molecule is C/C=C/C(=O)NC1CCC(CN)C1. The summed E-state index contributed by atoms with van der Waals surface area (Å²) in [5.41, 5.74) is 5.56. The number of nitrogens with one attached hydrogen (secondary N) is 1. The Morgan fingerprint density at radius 1 is 1.62 bits per heavy atom. The zero-order valence-corrected chi connectivity index (χ0v) is 8.12. The third-order valence-electron chi connectivity index (χ3n) is 2.54. The molecule has 0 aromatic heterocycles. The van der Waals surface area contributed by atoms with Crippen LogP contribution in [0, 0.1) is 5.92 Å². The molecule has 0 bridgehead atoms. The van der Waals surface area contributed by atoms with E-state index >= 15 is 0 Å². The Balaban J connectivity index is 2.27. The molecule has 0 spiro atoms. The fourth-order valence-electron chi connectivity index (χ4n) is 1.82. The van der Waals surface area contributed by atoms with Crippen LogP contribution in [-0.4, -0.2) is 18.5 Å². The molecule has 74 valence electrons. The molecule has 2 atom stereocenters. The lowest BCUT2D eigenvalue weighted by Gasteiger charge is -2.10. The van der Waals surface area contributed by atoms with Crippen LogP contribution in [0.2, 0.25) is 0 Å². The molecule has 3 heteroatoms. The number of amides is 1. The van der Waals surface area contributed by atoms with Gasteiger partial charge in [-0.3, -0.25) is 4.79 Å². The Morgan fingerprint density at radius 2 is 2.38 bits per heavy atom. The van der Waals surface area contributed by atoms with Crippen molar-refractivity contribution in [3.05, 3.63) is 12.2 Å². The summed E-state index contributed by atoms with van der Waals surface area (Å²) in [7, 11) is 0. The van der Waals surface area contributed by atoms with E-state index in [9.17, 15) is 4.79 Å². The van der Waals surface area contributed by atoms with Gasteiger partial charge in [-0.1, -0.05) is 6.08 Å². The van der Waals surface area contributed by atoms with Crippen LogP contribution in [-0.2, 0) is 4.79 Å². The molecule has 2 unspecified atom stereocenters. The maximum Gasteiger partial charge on any atom is 0.243 e. The van der Waals surface area contributed by atoms with Gasteiger partial charge in [-0.05, 0) is 44.7 Å². The minimum Gasteiger partial charge on any atom is -0.350 e. The van der Waals surface area contributed by atoms with Crippen LogP contribution in [0.4, 0.5) is 0 Å². The van der Waals surface area contributed by atoms with Gasteiger partial charge in [-0.15, -0.1) is 0 Å². The molecule has 1 rings (SSSR count). The predicted octanol–water partition coefficient (Wildman–Crippen LogP) is 0.806. The summed E-state index contributed by atoms with van der Waals surface area (Å²) in [6.45, 7) is 2.59. The zero-order chi connectivity index (χ0) is 9.68. The van der Waals surface area contributed by atoms with Gasteiger partial charge in [-0.25, -0.2) is 0 Å². The summed E-state index contributed by atoms with van der Waals surface area (Å²) >= 11 is 0. The van der Waals surface area contributed by atoms with E-state index in [2.05, 4.69) is 5.32 Å². The van der Waals surface area contributed by atoms with Crippen LogP contribution in [0.25, 0.3) is 0 Å². The highest BCUT2D eigenvalue weighted by molar-refractivity contribution is 5.87. The number of allylic oxidation sites excluding steroid dienone is 1. The minimum absolute atomic E-state index is 0.0187. The van der Waals surface area contributed by atoms with Gasteiger partial charge >= 0.3 is 0 Å². The van der Waals surface area contributed by atoms with Crippen LogP contribution in [0.5, 0.6) is 0 Å². The molecule has 0 radical (unpaired) electrons. The maximum absolute atomic E-state index is 11.2. The van der Waals surface area contributed by atoms with Crippen molar-refractivity contribution in [2.45, 2.75) is 32.2 Å². The highest BCUT2D eigenvalue weighted by atomic mass is 16.1. The number of hydrogen-bond acceptors (Lipinski definition) is 2. The Morgan fingerprint density at radius 3 is 2.92 bits per heavy atom. The van der Waals surface area contributed by atoms with Crippen LogP contribution in [0.1, 0.15) is 26.2 Å². The molecule has 0 aliphatic heterocycles. The second kappa shape index (κ2) is 5.02. The van der Waals surface area contributed by atoms with Gasteiger partial charge < -0.3 is 11.1 Å². The Bertz CT molecular complexity index is 201. The number of carbonyl (C=O) groups is 1. The Labute approximate surface area is 79.4 Å². The number of carbonyl (C=O) groups excluding carboxylic acids is 1. The highest BCUT2D eigenvalue weighted by Gasteiger charge is 2.23. The second-order valence-corrected chi connectivity index (χ2v) is 3.62. The van der Waals surface area contributed by atoms with E-state index in [1.165, 1.54) is 0 Å². The van der Waals surface area contributed by atoms with Crippen molar-refractivity contribution in [3.8, 4) is 0 Å². The first kappa shape index (κ1) is 10.3. The summed E-state index contributed by atoms with van der Waals surface area (Å²) in [5, 5.41) is 2.96. The molecule has 0 heterocycles. The summed E-state index contributed by atoms with van der Waals surface area (Å²) in [6.07, 6.45) is 6.59. The highest BCUT2D eigenvalue weighted by Crippen LogP contribution is 2.24. The third kappa shape index (κ3) is 3.19. The molecular formula is C10H18N2O. The average Bonchev–Trinajstić information content (AvgIpc) is 2.52. The van der Waals surface area contributed by atoms with E-state index in [1.54, 1.807) is 12.2 Å². The van der Waals surface area contributed by atoms with E-state index < -0.39 is 0 Å². The van der Waals surface area contributed by atoms with Crippen molar-refractivity contribution in [2.75, 3.05) is 6.54 Å². The van der Waals surface area contributed by atoms with E-state index in [4.69, 9.17) is 5.73 Å². The van der Waals surface area contributed by atoms with Crippen LogP contribution in [0.3, 0.4) is 0 Å². The first-order valence-electron chi connectivity index (χ1n) is 4.89. The second-order valence-electron chi connectivity index (χ2n) is 3.62. The van der Waals surface area contributed by atoms with Gasteiger partial charge in [0, 0.05) is 6.04 Å². The van der Waals surface area contributed by atoms with Gasteiger partial charge in [0.05, 0.1) is 0 Å². The smallest absolute Gasteiger partial charge is 0.243 e. The minimum atomic E-state index is 0.0187. The lowest BCUT2D eigenvalue weighted by molar-refractivity contribution is -0.117.